The molecule has 3 aromatic rings. The van der Waals surface area contributed by atoms with Crippen molar-refractivity contribution < 1.29 is 54.3 Å². The first-order valence-electron chi connectivity index (χ1n) is 10.3. The first kappa shape index (κ1) is 30.8. The highest BCUT2D eigenvalue weighted by atomic mass is 127. The fourth-order valence-electron chi connectivity index (χ4n) is 2.99. The van der Waals surface area contributed by atoms with E-state index < -0.39 is 56.0 Å². The second kappa shape index (κ2) is 12.6. The molecule has 0 heterocycles. The lowest BCUT2D eigenvalue weighted by Gasteiger charge is -2.13. The van der Waals surface area contributed by atoms with Gasteiger partial charge < -0.3 is 14.2 Å². The zero-order valence-electron chi connectivity index (χ0n) is 19.1. The molecule has 0 aliphatic rings. The van der Waals surface area contributed by atoms with E-state index in [-0.39, 0.29) is 24.5 Å². The molecule has 0 amide bonds. The van der Waals surface area contributed by atoms with Crippen LogP contribution < -0.4 is 9.47 Å². The molecule has 8 nitrogen and oxygen atoms in total. The number of benzene rings is 3. The number of hydrogen-bond acceptors (Lipinski definition) is 7. The minimum Gasteiger partial charge on any atom is -0.488 e. The molecule has 3 aromatic carbocycles. The van der Waals surface area contributed by atoms with Gasteiger partial charge in [-0.3, -0.25) is 4.55 Å². The van der Waals surface area contributed by atoms with Gasteiger partial charge in [-0.25, -0.2) is 18.4 Å². The molecule has 0 spiro atoms. The number of hydrogen-bond donors (Lipinski definition) is 1. The summed E-state index contributed by atoms with van der Waals surface area (Å²) in [7, 11) is -5.67. The van der Waals surface area contributed by atoms with Gasteiger partial charge in [-0.05, 0) is 75.0 Å². The average molecular weight is 792 g/mol. The van der Waals surface area contributed by atoms with Gasteiger partial charge in [0.15, 0.2) is 16.5 Å². The largest absolute Gasteiger partial charge is 0.488 e. The van der Waals surface area contributed by atoms with E-state index in [0.29, 0.717) is 12.7 Å². The van der Waals surface area contributed by atoms with E-state index in [0.717, 1.165) is 5.56 Å². The van der Waals surface area contributed by atoms with Gasteiger partial charge in [0.1, 0.15) is 19.0 Å². The molecule has 39 heavy (non-hydrogen) atoms. The summed E-state index contributed by atoms with van der Waals surface area (Å²) in [4.78, 5) is 22.3. The molecule has 15 heteroatoms. The maximum absolute atomic E-state index is 14.2. The summed E-state index contributed by atoms with van der Waals surface area (Å²) in [5.74, 6) is -13.2. The van der Waals surface area contributed by atoms with E-state index in [2.05, 4.69) is 11.3 Å². The first-order chi connectivity index (χ1) is 18.3. The second-order valence-electron chi connectivity index (χ2n) is 7.36. The summed E-state index contributed by atoms with van der Waals surface area (Å²) in [6, 6.07) is 8.91. The minimum absolute atomic E-state index is 0.0681. The smallest absolute Gasteiger partial charge is 0.343 e. The highest BCUT2D eigenvalue weighted by Gasteiger charge is 2.34. The lowest BCUT2D eigenvalue weighted by Crippen LogP contribution is -2.16. The third kappa shape index (κ3) is 7.06. The van der Waals surface area contributed by atoms with Gasteiger partial charge in [-0.1, -0.05) is 24.8 Å². The van der Waals surface area contributed by atoms with Crippen LogP contribution in [0.2, 0.25) is 0 Å². The Hall–Kier alpha value is -2.77. The van der Waals surface area contributed by atoms with E-state index in [1.807, 2.05) is 0 Å². The molecular formula is C24H14F4I2O8S. The summed E-state index contributed by atoms with van der Waals surface area (Å²) in [5.41, 5.74) is 0.855. The molecule has 3 rings (SSSR count). The van der Waals surface area contributed by atoms with Gasteiger partial charge in [0.05, 0.1) is 18.3 Å². The van der Waals surface area contributed by atoms with Crippen LogP contribution in [0.3, 0.4) is 0 Å². The predicted molar refractivity (Wildman–Crippen MR) is 145 cm³/mol. The van der Waals surface area contributed by atoms with Crippen LogP contribution >= 0.6 is 45.2 Å². The molecule has 0 unspecified atom stereocenters. The van der Waals surface area contributed by atoms with Crippen LogP contribution in [-0.2, 0) is 14.9 Å². The molecule has 0 radical (unpaired) electrons. The molecule has 0 bridgehead atoms. The van der Waals surface area contributed by atoms with Gasteiger partial charge in [-0.15, -0.1) is 0 Å². The van der Waals surface area contributed by atoms with E-state index >= 15 is 0 Å². The van der Waals surface area contributed by atoms with E-state index in [1.165, 1.54) is 12.1 Å². The fraction of sp³-hybridized carbons (Fsp3) is 0.0833. The van der Waals surface area contributed by atoms with Crippen molar-refractivity contribution in [3.63, 3.8) is 0 Å². The maximum atomic E-state index is 14.2. The Morgan fingerprint density at radius 1 is 0.846 bits per heavy atom. The van der Waals surface area contributed by atoms with Gasteiger partial charge in [0.2, 0.25) is 17.4 Å². The SMILES string of the molecule is C=Cc1ccc(C(=O)OCCOc2c(I)cc(C(=O)Oc3c(F)c(F)c(S(=O)(=O)O)c(F)c3F)cc2I)cc1. The Bertz CT molecular complexity index is 1530. The van der Waals surface area contributed by atoms with Gasteiger partial charge in [0, 0.05) is 0 Å². The van der Waals surface area contributed by atoms with Crippen LogP contribution in [0.1, 0.15) is 26.3 Å². The molecule has 0 atom stereocenters. The predicted octanol–water partition coefficient (Wildman–Crippen LogP) is 5.80. The van der Waals surface area contributed by atoms with Crippen molar-refractivity contribution in [2.24, 2.45) is 0 Å². The van der Waals surface area contributed by atoms with Crippen LogP contribution in [0.4, 0.5) is 17.6 Å². The summed E-state index contributed by atoms with van der Waals surface area (Å²) < 4.78 is 103. The second-order valence-corrected chi connectivity index (χ2v) is 11.0. The van der Waals surface area contributed by atoms with E-state index in [9.17, 15) is 35.6 Å². The Kier molecular flexibility index (Phi) is 9.94. The Morgan fingerprint density at radius 3 is 1.87 bits per heavy atom. The first-order valence-corrected chi connectivity index (χ1v) is 13.9. The van der Waals surface area contributed by atoms with Crippen LogP contribution in [-0.4, -0.2) is 38.1 Å². The molecule has 0 saturated heterocycles. The third-order valence-corrected chi connectivity index (χ3v) is 7.29. The standard InChI is InChI=1S/C24H14F4I2O8S/c1-2-11-3-5-12(6-4-11)23(31)37-8-7-36-20-14(29)9-13(10-15(20)30)24(32)38-21-16(25)18(27)22(39(33,34)35)19(28)17(21)26/h2-6,9-10H,1,7-8H2,(H,33,34,35). The number of carbonyl (C=O) groups excluding carboxylic acids is 2. The lowest BCUT2D eigenvalue weighted by atomic mass is 10.1. The Labute approximate surface area is 246 Å². The molecule has 0 aliphatic carbocycles. The van der Waals surface area contributed by atoms with Crippen LogP contribution in [0.5, 0.6) is 11.5 Å². The number of halogens is 6. The van der Waals surface area contributed by atoms with Crippen LogP contribution in [0.25, 0.3) is 6.08 Å². The Balaban J connectivity index is 1.70. The van der Waals surface area contributed by atoms with E-state index in [1.54, 1.807) is 75.5 Å². The highest BCUT2D eigenvalue weighted by molar-refractivity contribution is 14.1. The molecule has 1 N–H and O–H groups in total. The topological polar surface area (TPSA) is 116 Å². The normalized spacial score (nSPS) is 11.2. The van der Waals surface area contributed by atoms with Crippen molar-refractivity contribution in [2.75, 3.05) is 13.2 Å². The van der Waals surface area contributed by atoms with Gasteiger partial charge >= 0.3 is 22.1 Å². The zero-order valence-corrected chi connectivity index (χ0v) is 24.3. The molecule has 0 fully saturated rings. The van der Waals surface area contributed by atoms with Crippen molar-refractivity contribution in [1.82, 2.24) is 0 Å². The fourth-order valence-corrected chi connectivity index (χ4v) is 5.70. The zero-order chi connectivity index (χ0) is 29.1. The number of esters is 2. The van der Waals surface area contributed by atoms with Crippen molar-refractivity contribution in [2.45, 2.75) is 4.90 Å². The number of rotatable bonds is 9. The van der Waals surface area contributed by atoms with Crippen LogP contribution in [0.15, 0.2) is 47.9 Å². The molecule has 0 aromatic heterocycles. The van der Waals surface area contributed by atoms with Gasteiger partial charge in [-0.2, -0.15) is 17.2 Å². The van der Waals surface area contributed by atoms with Crippen LogP contribution in [0, 0.1) is 30.4 Å². The summed E-state index contributed by atoms with van der Waals surface area (Å²) in [5, 5.41) is 0. The van der Waals surface area contributed by atoms with Gasteiger partial charge in [0.25, 0.3) is 0 Å². The molecule has 206 valence electrons. The lowest BCUT2D eigenvalue weighted by molar-refractivity contribution is 0.0449. The quantitative estimate of drug-likeness (QED) is 0.0551. The van der Waals surface area contributed by atoms with Crippen molar-refractivity contribution in [3.8, 4) is 11.5 Å². The monoisotopic (exact) mass is 792 g/mol. The number of carbonyl (C=O) groups is 2. The molecule has 0 aliphatic heterocycles. The van der Waals surface area contributed by atoms with Crippen molar-refractivity contribution >= 4 is 73.3 Å². The van der Waals surface area contributed by atoms with Crippen molar-refractivity contribution in [1.29, 1.82) is 0 Å². The summed E-state index contributed by atoms with van der Waals surface area (Å²) >= 11 is 3.56. The van der Waals surface area contributed by atoms with Crippen molar-refractivity contribution in [3.05, 3.63) is 90.1 Å². The average Bonchev–Trinajstić information content (AvgIpc) is 2.88. The highest BCUT2D eigenvalue weighted by Crippen LogP contribution is 2.34. The maximum Gasteiger partial charge on any atom is 0.343 e. The Morgan fingerprint density at radius 2 is 1.38 bits per heavy atom. The minimum atomic E-state index is -5.67. The number of ether oxygens (including phenoxy) is 3. The summed E-state index contributed by atoms with van der Waals surface area (Å²) in [6.45, 7) is 3.44. The van der Waals surface area contributed by atoms with E-state index in [4.69, 9.17) is 14.0 Å². The molecular weight excluding hydrogens is 778 g/mol. The summed E-state index contributed by atoms with van der Waals surface area (Å²) in [6.07, 6.45) is 1.62. The molecule has 0 saturated carbocycles. The third-order valence-electron chi connectivity index (χ3n) is 4.81.